The monoisotopic (exact) mass is 225 g/mol. The molecule has 0 aromatic carbocycles. The Balaban J connectivity index is 3.76. The van der Waals surface area contributed by atoms with Gasteiger partial charge in [-0.1, -0.05) is 0 Å². The van der Waals surface area contributed by atoms with E-state index in [2.05, 4.69) is 5.32 Å². The summed E-state index contributed by atoms with van der Waals surface area (Å²) in [7, 11) is -2.56. The van der Waals surface area contributed by atoms with Crippen molar-refractivity contribution in [2.24, 2.45) is 5.73 Å². The first-order chi connectivity index (χ1) is 6.25. The first-order valence-electron chi connectivity index (χ1n) is 3.94. The molecule has 0 rings (SSSR count). The molecule has 0 saturated heterocycles. The Labute approximate surface area is 82.2 Å². The van der Waals surface area contributed by atoms with E-state index in [4.69, 9.17) is 10.9 Å². The van der Waals surface area contributed by atoms with Gasteiger partial charge in [-0.2, -0.15) is 5.06 Å². The summed E-state index contributed by atoms with van der Waals surface area (Å²) in [6, 6.07) is -0.997. The fourth-order valence-electron chi connectivity index (χ4n) is 0.597. The second-order valence-electron chi connectivity index (χ2n) is 3.26. The van der Waals surface area contributed by atoms with Gasteiger partial charge in [0.25, 0.3) is 0 Å². The van der Waals surface area contributed by atoms with Crippen LogP contribution in [0.4, 0.5) is 4.79 Å². The molecular weight excluding hydrogens is 209 g/mol. The number of rotatable bonds is 5. The number of carbonyl (C=O) groups is 1. The molecule has 0 saturated carbocycles. The number of carbonyl (C=O) groups excluding carboxylic acids is 1. The number of hydrogen-bond acceptors (Lipinski definition) is 5. The lowest BCUT2D eigenvalue weighted by Gasteiger charge is -2.18. The SMILES string of the molecule is CP(C)(=O)C(O)CNCN(O)C(N)=O. The minimum atomic E-state index is -2.56. The third-order valence-electron chi connectivity index (χ3n) is 1.56. The van der Waals surface area contributed by atoms with E-state index in [0.29, 0.717) is 0 Å². The molecule has 5 N–H and O–H groups in total. The number of aliphatic hydroxyl groups excluding tert-OH is 1. The first kappa shape index (κ1) is 13.4. The van der Waals surface area contributed by atoms with Crippen molar-refractivity contribution < 1.29 is 19.7 Å². The lowest BCUT2D eigenvalue weighted by Crippen LogP contribution is -2.41. The van der Waals surface area contributed by atoms with Crippen molar-refractivity contribution in [1.29, 1.82) is 0 Å². The van der Waals surface area contributed by atoms with Crippen LogP contribution in [0.1, 0.15) is 0 Å². The lowest BCUT2D eigenvalue weighted by atomic mass is 10.7. The van der Waals surface area contributed by atoms with E-state index in [1.54, 1.807) is 0 Å². The number of amides is 2. The minimum Gasteiger partial charge on any atom is -0.384 e. The van der Waals surface area contributed by atoms with Crippen LogP contribution < -0.4 is 11.1 Å². The molecule has 0 aromatic heterocycles. The minimum absolute atomic E-state index is 0.0224. The Morgan fingerprint density at radius 2 is 2.14 bits per heavy atom. The van der Waals surface area contributed by atoms with Crippen LogP contribution in [0.2, 0.25) is 0 Å². The van der Waals surface area contributed by atoms with Crippen LogP contribution in [0.5, 0.6) is 0 Å². The van der Waals surface area contributed by atoms with E-state index < -0.39 is 19.0 Å². The van der Waals surface area contributed by atoms with Crippen LogP contribution in [0.3, 0.4) is 0 Å². The summed E-state index contributed by atoms with van der Waals surface area (Å²) in [6.45, 7) is 2.70. The Morgan fingerprint density at radius 1 is 1.64 bits per heavy atom. The van der Waals surface area contributed by atoms with Gasteiger partial charge >= 0.3 is 6.03 Å². The van der Waals surface area contributed by atoms with Crippen LogP contribution in [0.25, 0.3) is 0 Å². The third-order valence-corrected chi connectivity index (χ3v) is 3.18. The van der Waals surface area contributed by atoms with Crippen molar-refractivity contribution in [3.63, 3.8) is 0 Å². The predicted octanol–water partition coefficient (Wildman–Crippen LogP) is -0.755. The van der Waals surface area contributed by atoms with Gasteiger partial charge in [0.05, 0.1) is 6.67 Å². The lowest BCUT2D eigenvalue weighted by molar-refractivity contribution is -0.0462. The van der Waals surface area contributed by atoms with Gasteiger partial charge in [0.1, 0.15) is 13.0 Å². The third kappa shape index (κ3) is 5.18. The van der Waals surface area contributed by atoms with E-state index in [1.165, 1.54) is 13.3 Å². The molecule has 0 aliphatic heterocycles. The molecule has 0 bridgehead atoms. The summed E-state index contributed by atoms with van der Waals surface area (Å²) in [5.41, 5.74) is 4.72. The number of urea groups is 1. The van der Waals surface area contributed by atoms with Crippen molar-refractivity contribution in [3.05, 3.63) is 0 Å². The maximum absolute atomic E-state index is 11.3. The van der Waals surface area contributed by atoms with Crippen LogP contribution in [0, 0.1) is 0 Å². The summed E-state index contributed by atoms with van der Waals surface area (Å²) in [6.07, 6.45) is 0. The van der Waals surface area contributed by atoms with Gasteiger partial charge in [0, 0.05) is 6.54 Å². The van der Waals surface area contributed by atoms with E-state index in [9.17, 15) is 14.5 Å². The van der Waals surface area contributed by atoms with Gasteiger partial charge in [0.2, 0.25) is 0 Å². The molecule has 0 radical (unpaired) electrons. The molecule has 84 valence electrons. The smallest absolute Gasteiger partial charge is 0.339 e. The van der Waals surface area contributed by atoms with Gasteiger partial charge in [-0.05, 0) is 13.3 Å². The van der Waals surface area contributed by atoms with Gasteiger partial charge in [-0.3, -0.25) is 10.5 Å². The average Bonchev–Trinajstić information content (AvgIpc) is 2.01. The molecule has 0 fully saturated rings. The number of nitrogens with zero attached hydrogens (tertiary/aromatic N) is 1. The highest BCUT2D eigenvalue weighted by Gasteiger charge is 2.19. The molecule has 0 heterocycles. The zero-order valence-corrected chi connectivity index (χ0v) is 9.07. The highest BCUT2D eigenvalue weighted by atomic mass is 31.2. The second kappa shape index (κ2) is 5.31. The summed E-state index contributed by atoms with van der Waals surface area (Å²) >= 11 is 0. The molecule has 8 heteroatoms. The molecule has 0 aromatic rings. The molecule has 2 amide bonds. The number of hydrogen-bond donors (Lipinski definition) is 4. The van der Waals surface area contributed by atoms with E-state index in [0.717, 1.165) is 0 Å². The fraction of sp³-hybridized carbons (Fsp3) is 0.833. The summed E-state index contributed by atoms with van der Waals surface area (Å²) in [5, 5.41) is 20.9. The highest BCUT2D eigenvalue weighted by molar-refractivity contribution is 7.62. The van der Waals surface area contributed by atoms with Crippen LogP contribution >= 0.6 is 7.14 Å². The van der Waals surface area contributed by atoms with Crippen molar-refractivity contribution in [2.75, 3.05) is 26.5 Å². The van der Waals surface area contributed by atoms with E-state index in [-0.39, 0.29) is 18.3 Å². The second-order valence-corrected chi connectivity index (χ2v) is 6.73. The molecule has 0 aliphatic carbocycles. The Kier molecular flexibility index (Phi) is 5.07. The quantitative estimate of drug-likeness (QED) is 0.212. The highest BCUT2D eigenvalue weighted by Crippen LogP contribution is 2.40. The van der Waals surface area contributed by atoms with Crippen molar-refractivity contribution in [3.8, 4) is 0 Å². The predicted molar refractivity (Wildman–Crippen MR) is 51.5 cm³/mol. The zero-order valence-electron chi connectivity index (χ0n) is 8.17. The van der Waals surface area contributed by atoms with Gasteiger partial charge in [0.15, 0.2) is 0 Å². The first-order valence-corrected chi connectivity index (χ1v) is 6.61. The normalized spacial score (nSPS) is 13.7. The molecule has 1 unspecified atom stereocenters. The number of primary amides is 1. The van der Waals surface area contributed by atoms with Crippen molar-refractivity contribution >= 4 is 13.2 Å². The van der Waals surface area contributed by atoms with Crippen LogP contribution in [0.15, 0.2) is 0 Å². The molecule has 1 atom stereocenters. The zero-order chi connectivity index (χ0) is 11.4. The van der Waals surface area contributed by atoms with Gasteiger partial charge in [-0.25, -0.2) is 4.79 Å². The van der Waals surface area contributed by atoms with Crippen molar-refractivity contribution in [1.82, 2.24) is 10.4 Å². The molecular formula is C6H16N3O4P. The molecule has 14 heavy (non-hydrogen) atoms. The Morgan fingerprint density at radius 3 is 2.50 bits per heavy atom. The Bertz CT molecular complexity index is 241. The summed E-state index contributed by atoms with van der Waals surface area (Å²) in [4.78, 5) is 10.3. The largest absolute Gasteiger partial charge is 0.384 e. The number of nitrogens with two attached hydrogens (primary N) is 1. The molecule has 0 spiro atoms. The van der Waals surface area contributed by atoms with E-state index in [1.807, 2.05) is 0 Å². The summed E-state index contributed by atoms with van der Waals surface area (Å²) in [5.74, 6) is -0.997. The van der Waals surface area contributed by atoms with Crippen LogP contribution in [-0.4, -0.2) is 53.8 Å². The number of nitrogens with one attached hydrogen (secondary N) is 1. The van der Waals surface area contributed by atoms with E-state index >= 15 is 0 Å². The number of aliphatic hydroxyl groups is 1. The Hall–Kier alpha value is -0.620. The average molecular weight is 225 g/mol. The summed E-state index contributed by atoms with van der Waals surface area (Å²) < 4.78 is 11.3. The number of hydroxylamine groups is 2. The fourth-order valence-corrected chi connectivity index (χ4v) is 1.17. The maximum atomic E-state index is 11.3. The van der Waals surface area contributed by atoms with Crippen molar-refractivity contribution in [2.45, 2.75) is 5.85 Å². The van der Waals surface area contributed by atoms with Crippen LogP contribution in [-0.2, 0) is 4.57 Å². The molecule has 7 nitrogen and oxygen atoms in total. The topological polar surface area (TPSA) is 116 Å². The van der Waals surface area contributed by atoms with Gasteiger partial charge in [-0.15, -0.1) is 0 Å². The maximum Gasteiger partial charge on any atom is 0.339 e. The molecule has 0 aliphatic rings. The van der Waals surface area contributed by atoms with Gasteiger partial charge < -0.3 is 15.4 Å². The standard InChI is InChI=1S/C6H16N3O4P/c1-14(2,13)5(10)3-8-4-9(12)6(7)11/h5,8,10,12H,3-4H2,1-2H3,(H2,7,11).